The van der Waals surface area contributed by atoms with Crippen molar-refractivity contribution in [3.63, 3.8) is 0 Å². The molecule has 1 aromatic heterocycles. The molecule has 1 saturated heterocycles. The van der Waals surface area contributed by atoms with Gasteiger partial charge in [-0.1, -0.05) is 43.6 Å². The minimum absolute atomic E-state index is 0.0103. The molecule has 0 radical (unpaired) electrons. The van der Waals surface area contributed by atoms with Crippen LogP contribution in [0.5, 0.6) is 5.75 Å². The molecule has 6 nitrogen and oxygen atoms in total. The molecule has 0 aliphatic carbocycles. The molecule has 4 rings (SSSR count). The highest BCUT2D eigenvalue weighted by atomic mass is 35.5. The molecular formula is C23H25ClN4O2. The molecule has 1 aliphatic rings. The van der Waals surface area contributed by atoms with E-state index in [-0.39, 0.29) is 17.6 Å². The number of phenols is 1. The number of nitrogens with zero attached hydrogens (tertiary/aromatic N) is 4. The molecule has 2 aromatic carbocycles. The first-order valence-corrected chi connectivity index (χ1v) is 10.5. The van der Waals surface area contributed by atoms with E-state index >= 15 is 0 Å². The number of rotatable bonds is 4. The van der Waals surface area contributed by atoms with Crippen LogP contribution in [0.15, 0.2) is 54.7 Å². The summed E-state index contributed by atoms with van der Waals surface area (Å²) in [6.45, 7) is 6.64. The van der Waals surface area contributed by atoms with Crippen molar-refractivity contribution in [2.75, 3.05) is 31.1 Å². The average molecular weight is 425 g/mol. The van der Waals surface area contributed by atoms with Gasteiger partial charge < -0.3 is 14.9 Å². The Morgan fingerprint density at radius 1 is 1.07 bits per heavy atom. The van der Waals surface area contributed by atoms with Gasteiger partial charge >= 0.3 is 0 Å². The molecule has 30 heavy (non-hydrogen) atoms. The quantitative estimate of drug-likeness (QED) is 0.677. The maximum atomic E-state index is 13.3. The van der Waals surface area contributed by atoms with Crippen LogP contribution < -0.4 is 4.90 Å². The Kier molecular flexibility index (Phi) is 5.68. The van der Waals surface area contributed by atoms with Crippen molar-refractivity contribution in [3.05, 3.63) is 71.0 Å². The zero-order valence-electron chi connectivity index (χ0n) is 17.1. The van der Waals surface area contributed by atoms with Crippen molar-refractivity contribution in [1.29, 1.82) is 0 Å². The van der Waals surface area contributed by atoms with Gasteiger partial charge in [0.05, 0.1) is 28.8 Å². The number of benzene rings is 2. The van der Waals surface area contributed by atoms with Gasteiger partial charge in [0.2, 0.25) is 0 Å². The van der Waals surface area contributed by atoms with Crippen LogP contribution in [0.4, 0.5) is 5.69 Å². The Balaban J connectivity index is 1.55. The Morgan fingerprint density at radius 2 is 1.80 bits per heavy atom. The molecule has 0 unspecified atom stereocenters. The maximum Gasteiger partial charge on any atom is 0.257 e. The predicted molar refractivity (Wildman–Crippen MR) is 119 cm³/mol. The molecule has 0 spiro atoms. The SMILES string of the molecule is CC(C)c1c(C(=O)N2CCN(c3ccccc3O)CC2)cnn1-c1cccc(Cl)c1. The van der Waals surface area contributed by atoms with Crippen molar-refractivity contribution in [3.8, 4) is 11.4 Å². The lowest BCUT2D eigenvalue weighted by molar-refractivity contribution is 0.0745. The third-order valence-electron chi connectivity index (χ3n) is 5.43. The number of amides is 1. The number of phenolic OH excluding ortho intramolecular Hbond substituents is 1. The number of carbonyl (C=O) groups excluding carboxylic acids is 1. The number of hydrogen-bond donors (Lipinski definition) is 1. The van der Waals surface area contributed by atoms with E-state index < -0.39 is 0 Å². The normalized spacial score (nSPS) is 14.4. The fourth-order valence-corrected chi connectivity index (χ4v) is 4.13. The van der Waals surface area contributed by atoms with E-state index in [0.717, 1.165) is 17.1 Å². The maximum absolute atomic E-state index is 13.3. The molecule has 7 heteroatoms. The molecular weight excluding hydrogens is 400 g/mol. The second-order valence-corrected chi connectivity index (χ2v) is 8.19. The number of hydrogen-bond acceptors (Lipinski definition) is 4. The Hall–Kier alpha value is -2.99. The van der Waals surface area contributed by atoms with Gasteiger partial charge in [-0.05, 0) is 36.2 Å². The Bertz CT molecular complexity index is 1050. The molecule has 1 aliphatic heterocycles. The number of halogens is 1. The summed E-state index contributed by atoms with van der Waals surface area (Å²) in [6, 6.07) is 14.8. The minimum atomic E-state index is -0.0103. The van der Waals surface area contributed by atoms with Crippen LogP contribution in [0.2, 0.25) is 5.02 Å². The van der Waals surface area contributed by atoms with Crippen molar-refractivity contribution < 1.29 is 9.90 Å². The van der Waals surface area contributed by atoms with Crippen molar-refractivity contribution in [2.24, 2.45) is 0 Å². The van der Waals surface area contributed by atoms with Crippen LogP contribution in [-0.2, 0) is 0 Å². The predicted octanol–water partition coefficient (Wildman–Crippen LogP) is 4.32. The fraction of sp³-hybridized carbons (Fsp3) is 0.304. The summed E-state index contributed by atoms with van der Waals surface area (Å²) in [5.74, 6) is 0.374. The summed E-state index contributed by atoms with van der Waals surface area (Å²) in [6.07, 6.45) is 1.66. The van der Waals surface area contributed by atoms with Crippen LogP contribution in [0, 0.1) is 0 Å². The van der Waals surface area contributed by atoms with Gasteiger partial charge in [-0.3, -0.25) is 4.79 Å². The highest BCUT2D eigenvalue weighted by Gasteiger charge is 2.28. The largest absolute Gasteiger partial charge is 0.506 e. The van der Waals surface area contributed by atoms with Crippen molar-refractivity contribution in [1.82, 2.24) is 14.7 Å². The Labute approximate surface area is 181 Å². The van der Waals surface area contributed by atoms with E-state index in [2.05, 4.69) is 23.8 Å². The summed E-state index contributed by atoms with van der Waals surface area (Å²) in [5, 5.41) is 15.2. The highest BCUT2D eigenvalue weighted by molar-refractivity contribution is 6.30. The second kappa shape index (κ2) is 8.40. The molecule has 156 valence electrons. The van der Waals surface area contributed by atoms with Gasteiger partial charge in [0.1, 0.15) is 5.75 Å². The number of aromatic hydroxyl groups is 1. The number of carbonyl (C=O) groups is 1. The van der Waals surface area contributed by atoms with Gasteiger partial charge in [-0.2, -0.15) is 5.10 Å². The van der Waals surface area contributed by atoms with Crippen LogP contribution >= 0.6 is 11.6 Å². The van der Waals surface area contributed by atoms with Gasteiger partial charge in [-0.15, -0.1) is 0 Å². The summed E-state index contributed by atoms with van der Waals surface area (Å²) >= 11 is 6.15. The zero-order valence-corrected chi connectivity index (χ0v) is 17.9. The first-order valence-electron chi connectivity index (χ1n) is 10.1. The minimum Gasteiger partial charge on any atom is -0.506 e. The molecule has 2 heterocycles. The van der Waals surface area contributed by atoms with Crippen molar-refractivity contribution >= 4 is 23.2 Å². The zero-order chi connectivity index (χ0) is 21.3. The highest BCUT2D eigenvalue weighted by Crippen LogP contribution is 2.29. The van der Waals surface area contributed by atoms with E-state index in [0.29, 0.717) is 36.8 Å². The lowest BCUT2D eigenvalue weighted by Crippen LogP contribution is -2.49. The van der Waals surface area contributed by atoms with Crippen LogP contribution in [0.25, 0.3) is 5.69 Å². The molecule has 0 atom stereocenters. The summed E-state index contributed by atoms with van der Waals surface area (Å²) < 4.78 is 1.81. The molecule has 1 amide bonds. The molecule has 3 aromatic rings. The first kappa shape index (κ1) is 20.3. The number of piperazine rings is 1. The van der Waals surface area contributed by atoms with Gasteiger partial charge in [0.25, 0.3) is 5.91 Å². The average Bonchev–Trinajstić information content (AvgIpc) is 3.19. The fourth-order valence-electron chi connectivity index (χ4n) is 3.94. The molecule has 1 N–H and O–H groups in total. The van der Waals surface area contributed by atoms with Crippen LogP contribution in [-0.4, -0.2) is 51.9 Å². The van der Waals surface area contributed by atoms with E-state index in [9.17, 15) is 9.90 Å². The third kappa shape index (κ3) is 3.87. The second-order valence-electron chi connectivity index (χ2n) is 7.76. The van der Waals surface area contributed by atoms with Crippen LogP contribution in [0.3, 0.4) is 0 Å². The van der Waals surface area contributed by atoms with Gasteiger partial charge in [-0.25, -0.2) is 4.68 Å². The molecule has 0 bridgehead atoms. The number of aromatic nitrogens is 2. The lowest BCUT2D eigenvalue weighted by atomic mass is 10.0. The summed E-state index contributed by atoms with van der Waals surface area (Å²) in [7, 11) is 0. The monoisotopic (exact) mass is 424 g/mol. The van der Waals surface area contributed by atoms with E-state index in [4.69, 9.17) is 11.6 Å². The topological polar surface area (TPSA) is 61.6 Å². The molecule has 0 saturated carbocycles. The standard InChI is InChI=1S/C23H25ClN4O2/c1-16(2)22-19(15-25-28(22)18-7-5-6-17(24)14-18)23(30)27-12-10-26(11-13-27)20-8-3-4-9-21(20)29/h3-9,14-16,29H,10-13H2,1-2H3. The van der Waals surface area contributed by atoms with Crippen LogP contribution in [0.1, 0.15) is 35.8 Å². The summed E-state index contributed by atoms with van der Waals surface area (Å²) in [5.41, 5.74) is 3.15. The Morgan fingerprint density at radius 3 is 2.47 bits per heavy atom. The number of anilines is 1. The lowest BCUT2D eigenvalue weighted by Gasteiger charge is -2.36. The molecule has 1 fully saturated rings. The first-order chi connectivity index (χ1) is 14.5. The summed E-state index contributed by atoms with van der Waals surface area (Å²) in [4.78, 5) is 17.3. The third-order valence-corrected chi connectivity index (χ3v) is 5.66. The number of para-hydroxylation sites is 2. The van der Waals surface area contributed by atoms with E-state index in [1.807, 2.05) is 52.0 Å². The smallest absolute Gasteiger partial charge is 0.257 e. The van der Waals surface area contributed by atoms with Gasteiger partial charge in [0, 0.05) is 31.2 Å². The van der Waals surface area contributed by atoms with Crippen molar-refractivity contribution in [2.45, 2.75) is 19.8 Å². The van der Waals surface area contributed by atoms with E-state index in [1.165, 1.54) is 0 Å². The van der Waals surface area contributed by atoms with Gasteiger partial charge in [0.15, 0.2) is 0 Å². The van der Waals surface area contributed by atoms with E-state index in [1.54, 1.807) is 12.3 Å².